The molecular formula is C14H20N2O4S. The summed E-state index contributed by atoms with van der Waals surface area (Å²) in [7, 11) is -3.30. The largest absolute Gasteiger partial charge is 0.375 e. The molecule has 21 heavy (non-hydrogen) atoms. The van der Waals surface area contributed by atoms with Crippen LogP contribution in [-0.2, 0) is 14.8 Å². The summed E-state index contributed by atoms with van der Waals surface area (Å²) in [5.74, 6) is -0.0531. The van der Waals surface area contributed by atoms with Crippen molar-refractivity contribution in [2.75, 3.05) is 30.7 Å². The Bertz CT molecular complexity index is 598. The van der Waals surface area contributed by atoms with E-state index in [9.17, 15) is 13.2 Å². The third-order valence-corrected chi connectivity index (χ3v) is 3.92. The van der Waals surface area contributed by atoms with Gasteiger partial charge in [-0.25, -0.2) is 8.42 Å². The average Bonchev–Trinajstić information content (AvgIpc) is 2.46. The summed E-state index contributed by atoms with van der Waals surface area (Å²) in [4.78, 5) is 14.2. The Morgan fingerprint density at radius 2 is 2.05 bits per heavy atom. The fraction of sp³-hybridized carbons (Fsp3) is 0.500. The van der Waals surface area contributed by atoms with Crippen LogP contribution < -0.4 is 4.72 Å². The lowest BCUT2D eigenvalue weighted by molar-refractivity contribution is -0.0226. The molecule has 2 rings (SSSR count). The number of rotatable bonds is 4. The molecule has 0 spiro atoms. The second-order valence-electron chi connectivity index (χ2n) is 5.10. The van der Waals surface area contributed by atoms with Crippen LogP contribution in [0.5, 0.6) is 0 Å². The summed E-state index contributed by atoms with van der Waals surface area (Å²) >= 11 is 0. The van der Waals surface area contributed by atoms with Gasteiger partial charge in [0.25, 0.3) is 5.91 Å². The Morgan fingerprint density at radius 1 is 1.38 bits per heavy atom. The second-order valence-corrected chi connectivity index (χ2v) is 6.85. The van der Waals surface area contributed by atoms with Gasteiger partial charge in [0.15, 0.2) is 0 Å². The van der Waals surface area contributed by atoms with Crippen LogP contribution in [0.3, 0.4) is 0 Å². The van der Waals surface area contributed by atoms with Crippen molar-refractivity contribution in [1.29, 1.82) is 0 Å². The number of morpholine rings is 1. The van der Waals surface area contributed by atoms with Crippen molar-refractivity contribution < 1.29 is 17.9 Å². The summed E-state index contributed by atoms with van der Waals surface area (Å²) in [6.45, 7) is 3.76. The molecule has 1 aromatic rings. The number of sulfonamides is 1. The van der Waals surface area contributed by atoms with Crippen LogP contribution in [0.15, 0.2) is 24.3 Å². The van der Waals surface area contributed by atoms with Gasteiger partial charge < -0.3 is 9.64 Å². The van der Waals surface area contributed by atoms with Crippen LogP contribution in [0.2, 0.25) is 0 Å². The van der Waals surface area contributed by atoms with Crippen LogP contribution in [0.4, 0.5) is 5.69 Å². The van der Waals surface area contributed by atoms with E-state index in [4.69, 9.17) is 4.74 Å². The van der Waals surface area contributed by atoms with Gasteiger partial charge in [-0.2, -0.15) is 0 Å². The molecule has 1 fully saturated rings. The van der Waals surface area contributed by atoms with E-state index in [0.717, 1.165) is 12.7 Å². The number of ether oxygens (including phenoxy) is 1. The van der Waals surface area contributed by atoms with Crippen molar-refractivity contribution in [3.05, 3.63) is 29.8 Å². The Morgan fingerprint density at radius 3 is 2.62 bits per heavy atom. The predicted octanol–water partition coefficient (Wildman–Crippen LogP) is 1.31. The Labute approximate surface area is 125 Å². The van der Waals surface area contributed by atoms with Crippen molar-refractivity contribution in [3.63, 3.8) is 0 Å². The molecule has 0 bridgehead atoms. The molecule has 1 atom stereocenters. The maximum Gasteiger partial charge on any atom is 0.254 e. The van der Waals surface area contributed by atoms with Crippen molar-refractivity contribution >= 4 is 21.6 Å². The lowest BCUT2D eigenvalue weighted by atomic mass is 10.1. The lowest BCUT2D eigenvalue weighted by Gasteiger charge is -2.32. The second kappa shape index (κ2) is 6.44. The predicted molar refractivity (Wildman–Crippen MR) is 80.8 cm³/mol. The first-order valence-electron chi connectivity index (χ1n) is 6.88. The van der Waals surface area contributed by atoms with Crippen LogP contribution in [0.25, 0.3) is 0 Å². The molecule has 116 valence electrons. The number of benzene rings is 1. The first-order chi connectivity index (χ1) is 9.89. The van der Waals surface area contributed by atoms with E-state index in [-0.39, 0.29) is 12.0 Å². The molecule has 1 aliphatic rings. The van der Waals surface area contributed by atoms with Gasteiger partial charge in [-0.1, -0.05) is 6.92 Å². The highest BCUT2D eigenvalue weighted by Crippen LogP contribution is 2.15. The van der Waals surface area contributed by atoms with Crippen LogP contribution in [0.1, 0.15) is 23.7 Å². The average molecular weight is 312 g/mol. The Balaban J connectivity index is 2.06. The summed E-state index contributed by atoms with van der Waals surface area (Å²) < 4.78 is 30.2. The van der Waals surface area contributed by atoms with E-state index in [1.54, 1.807) is 29.2 Å². The number of carbonyl (C=O) groups excluding carboxylic acids is 1. The van der Waals surface area contributed by atoms with Crippen molar-refractivity contribution in [2.45, 2.75) is 19.4 Å². The molecule has 0 aromatic heterocycles. The van der Waals surface area contributed by atoms with Crippen LogP contribution >= 0.6 is 0 Å². The summed E-state index contributed by atoms with van der Waals surface area (Å²) in [5, 5.41) is 0. The monoisotopic (exact) mass is 312 g/mol. The SMILES string of the molecule is CCC1CN(C(=O)c2ccc(NS(C)(=O)=O)cc2)CCO1. The third-order valence-electron chi connectivity index (χ3n) is 3.32. The molecule has 1 heterocycles. The normalized spacial score (nSPS) is 19.3. The van der Waals surface area contributed by atoms with Gasteiger partial charge in [-0.15, -0.1) is 0 Å². The van der Waals surface area contributed by atoms with Crippen LogP contribution in [-0.4, -0.2) is 51.3 Å². The van der Waals surface area contributed by atoms with E-state index < -0.39 is 10.0 Å². The summed E-state index contributed by atoms with van der Waals surface area (Å²) in [6, 6.07) is 6.44. The number of nitrogens with zero attached hydrogens (tertiary/aromatic N) is 1. The first kappa shape index (κ1) is 15.8. The zero-order chi connectivity index (χ0) is 15.5. The van der Waals surface area contributed by atoms with Gasteiger partial charge in [-0.3, -0.25) is 9.52 Å². The van der Waals surface area contributed by atoms with E-state index in [0.29, 0.717) is 30.9 Å². The number of amides is 1. The highest BCUT2D eigenvalue weighted by molar-refractivity contribution is 7.92. The minimum Gasteiger partial charge on any atom is -0.375 e. The highest BCUT2D eigenvalue weighted by Gasteiger charge is 2.23. The quantitative estimate of drug-likeness (QED) is 0.909. The first-order valence-corrected chi connectivity index (χ1v) is 8.77. The number of carbonyl (C=O) groups is 1. The molecule has 1 N–H and O–H groups in total. The third kappa shape index (κ3) is 4.44. The topological polar surface area (TPSA) is 75.7 Å². The maximum atomic E-state index is 12.4. The van der Waals surface area contributed by atoms with Crippen molar-refractivity contribution in [2.24, 2.45) is 0 Å². The fourth-order valence-corrected chi connectivity index (χ4v) is 2.79. The molecule has 1 aliphatic heterocycles. The van der Waals surface area contributed by atoms with E-state index in [1.807, 2.05) is 6.92 Å². The molecule has 1 unspecified atom stereocenters. The fourth-order valence-electron chi connectivity index (χ4n) is 2.23. The molecule has 1 amide bonds. The minimum atomic E-state index is -3.30. The van der Waals surface area contributed by atoms with Crippen molar-refractivity contribution in [3.8, 4) is 0 Å². The van der Waals surface area contributed by atoms with E-state index >= 15 is 0 Å². The summed E-state index contributed by atoms with van der Waals surface area (Å²) in [6.07, 6.45) is 2.06. The molecular weight excluding hydrogens is 292 g/mol. The highest BCUT2D eigenvalue weighted by atomic mass is 32.2. The molecule has 7 heteroatoms. The van der Waals surface area contributed by atoms with Gasteiger partial charge in [0, 0.05) is 24.3 Å². The molecule has 1 saturated heterocycles. The summed E-state index contributed by atoms with van der Waals surface area (Å²) in [5.41, 5.74) is 0.994. The number of anilines is 1. The van der Waals surface area contributed by atoms with Crippen molar-refractivity contribution in [1.82, 2.24) is 4.90 Å². The number of nitrogens with one attached hydrogen (secondary N) is 1. The standard InChI is InChI=1S/C14H20N2O4S/c1-3-13-10-16(8-9-20-13)14(17)11-4-6-12(7-5-11)15-21(2,18)19/h4-7,13,15H,3,8-10H2,1-2H3. The zero-order valence-electron chi connectivity index (χ0n) is 12.2. The molecule has 0 saturated carbocycles. The van der Waals surface area contributed by atoms with E-state index in [1.165, 1.54) is 0 Å². The molecule has 0 radical (unpaired) electrons. The molecule has 1 aromatic carbocycles. The van der Waals surface area contributed by atoms with Gasteiger partial charge in [-0.05, 0) is 30.7 Å². The molecule has 6 nitrogen and oxygen atoms in total. The maximum absolute atomic E-state index is 12.4. The number of hydrogen-bond donors (Lipinski definition) is 1. The van der Waals surface area contributed by atoms with Gasteiger partial charge in [0.2, 0.25) is 10.0 Å². The van der Waals surface area contributed by atoms with Gasteiger partial charge in [0.05, 0.1) is 19.0 Å². The Kier molecular flexibility index (Phi) is 4.84. The van der Waals surface area contributed by atoms with E-state index in [2.05, 4.69) is 4.72 Å². The minimum absolute atomic E-state index is 0.0531. The Hall–Kier alpha value is -1.60. The smallest absolute Gasteiger partial charge is 0.254 e. The number of hydrogen-bond acceptors (Lipinski definition) is 4. The van der Waals surface area contributed by atoms with Gasteiger partial charge in [0.1, 0.15) is 0 Å². The molecule has 0 aliphatic carbocycles. The lowest BCUT2D eigenvalue weighted by Crippen LogP contribution is -2.45. The zero-order valence-corrected chi connectivity index (χ0v) is 13.0. The van der Waals surface area contributed by atoms with Gasteiger partial charge >= 0.3 is 0 Å². The van der Waals surface area contributed by atoms with Crippen LogP contribution in [0, 0.1) is 0 Å².